The first-order valence-corrected chi connectivity index (χ1v) is 8.59. The molecule has 0 amide bonds. The Bertz CT molecular complexity index is 584. The van der Waals surface area contributed by atoms with Crippen molar-refractivity contribution in [3.05, 3.63) is 24.3 Å². The Hall–Kier alpha value is -1.04. The first-order valence-electron chi connectivity index (χ1n) is 8.59. The zero-order chi connectivity index (χ0) is 16.5. The van der Waals surface area contributed by atoms with Gasteiger partial charge in [0.2, 0.25) is 0 Å². The summed E-state index contributed by atoms with van der Waals surface area (Å²) in [4.78, 5) is 4.87. The van der Waals surface area contributed by atoms with Crippen molar-refractivity contribution in [3.63, 3.8) is 0 Å². The summed E-state index contributed by atoms with van der Waals surface area (Å²) >= 11 is 0. The van der Waals surface area contributed by atoms with Crippen LogP contribution >= 0.6 is 0 Å². The minimum atomic E-state index is -0.281. The van der Waals surface area contributed by atoms with Crippen LogP contribution in [0.15, 0.2) is 24.3 Å². The highest BCUT2D eigenvalue weighted by atomic mass is 16.7. The number of anilines is 1. The molecule has 4 rings (SSSR count). The van der Waals surface area contributed by atoms with E-state index < -0.39 is 0 Å². The van der Waals surface area contributed by atoms with Gasteiger partial charge in [-0.2, -0.15) is 0 Å². The van der Waals surface area contributed by atoms with Gasteiger partial charge in [-0.15, -0.1) is 0 Å². The third-order valence-electron chi connectivity index (χ3n) is 6.05. The summed E-state index contributed by atoms with van der Waals surface area (Å²) in [7, 11) is 1.94. The summed E-state index contributed by atoms with van der Waals surface area (Å²) in [5, 5.41) is 0. The fraction of sp³-hybridized carbons (Fsp3) is 0.667. The highest BCUT2D eigenvalue weighted by Crippen LogP contribution is 2.41. The molecule has 5 heteroatoms. The van der Waals surface area contributed by atoms with Crippen molar-refractivity contribution >= 4 is 18.3 Å². The van der Waals surface area contributed by atoms with Gasteiger partial charge in [-0.1, -0.05) is 12.1 Å². The largest absolute Gasteiger partial charge is 0.494 e. The van der Waals surface area contributed by atoms with Crippen LogP contribution in [-0.4, -0.2) is 56.4 Å². The second-order valence-electron chi connectivity index (χ2n) is 8.71. The highest BCUT2D eigenvalue weighted by Gasteiger charge is 2.52. The molecule has 1 aromatic carbocycles. The zero-order valence-corrected chi connectivity index (χ0v) is 14.9. The predicted octanol–water partition coefficient (Wildman–Crippen LogP) is 1.74. The summed E-state index contributed by atoms with van der Waals surface area (Å²) in [6, 6.07) is 8.70. The van der Waals surface area contributed by atoms with Crippen LogP contribution in [0.1, 0.15) is 27.7 Å². The Balaban J connectivity index is 1.42. The molecule has 0 saturated carbocycles. The Morgan fingerprint density at radius 2 is 1.39 bits per heavy atom. The molecule has 0 N–H and O–H groups in total. The molecular weight excluding hydrogens is 287 g/mol. The van der Waals surface area contributed by atoms with Gasteiger partial charge in [-0.05, 0) is 52.3 Å². The van der Waals surface area contributed by atoms with Crippen molar-refractivity contribution in [3.8, 4) is 0 Å². The van der Waals surface area contributed by atoms with Crippen molar-refractivity contribution in [2.75, 3.05) is 38.1 Å². The normalized spacial score (nSPS) is 27.9. The lowest BCUT2D eigenvalue weighted by molar-refractivity contribution is -0.00238. The molecule has 0 atom stereocenters. The van der Waals surface area contributed by atoms with E-state index in [4.69, 9.17) is 9.31 Å². The third-order valence-corrected chi connectivity index (χ3v) is 6.05. The highest BCUT2D eigenvalue weighted by molar-refractivity contribution is 6.62. The molecule has 0 bridgehead atoms. The molecule has 3 heterocycles. The molecule has 3 fully saturated rings. The van der Waals surface area contributed by atoms with Gasteiger partial charge in [0, 0.05) is 37.3 Å². The number of hydrogen-bond donors (Lipinski definition) is 0. The quantitative estimate of drug-likeness (QED) is 0.777. The van der Waals surface area contributed by atoms with Gasteiger partial charge in [0.25, 0.3) is 0 Å². The maximum absolute atomic E-state index is 6.12. The van der Waals surface area contributed by atoms with Gasteiger partial charge in [0.1, 0.15) is 0 Å². The van der Waals surface area contributed by atoms with Crippen LogP contribution in [-0.2, 0) is 9.31 Å². The molecule has 3 aliphatic rings. The summed E-state index contributed by atoms with van der Waals surface area (Å²) in [6.07, 6.45) is 0. The lowest BCUT2D eigenvalue weighted by Gasteiger charge is -2.60. The SMILES string of the molecule is CN1CC2(C1)CN(c1ccc(B3OC(C)(C)C(C)(C)O3)cc1)C2. The fourth-order valence-electron chi connectivity index (χ4n) is 4.07. The minimum absolute atomic E-state index is 0.267. The Labute approximate surface area is 139 Å². The van der Waals surface area contributed by atoms with Crippen LogP contribution in [0.2, 0.25) is 0 Å². The molecule has 3 aliphatic heterocycles. The molecule has 1 spiro atoms. The topological polar surface area (TPSA) is 24.9 Å². The summed E-state index contributed by atoms with van der Waals surface area (Å²) in [6.45, 7) is 13.2. The van der Waals surface area contributed by atoms with E-state index in [9.17, 15) is 0 Å². The van der Waals surface area contributed by atoms with E-state index in [0.717, 1.165) is 5.46 Å². The van der Waals surface area contributed by atoms with Crippen molar-refractivity contribution in [2.45, 2.75) is 38.9 Å². The lowest BCUT2D eigenvalue weighted by atomic mass is 9.72. The van der Waals surface area contributed by atoms with E-state index in [1.807, 2.05) is 0 Å². The molecule has 0 aromatic heterocycles. The van der Waals surface area contributed by atoms with Crippen molar-refractivity contribution in [1.82, 2.24) is 4.90 Å². The molecule has 4 nitrogen and oxygen atoms in total. The first kappa shape index (κ1) is 15.5. The first-order chi connectivity index (χ1) is 10.7. The Kier molecular flexibility index (Phi) is 3.20. The molecular formula is C18H27BN2O2. The van der Waals surface area contributed by atoms with Crippen LogP contribution in [0.5, 0.6) is 0 Å². The van der Waals surface area contributed by atoms with E-state index in [0.29, 0.717) is 5.41 Å². The number of rotatable bonds is 2. The summed E-state index contributed by atoms with van der Waals surface area (Å²) in [5.41, 5.74) is 2.42. The smallest absolute Gasteiger partial charge is 0.399 e. The van der Waals surface area contributed by atoms with Gasteiger partial charge in [0.15, 0.2) is 0 Å². The van der Waals surface area contributed by atoms with Crippen LogP contribution in [0.4, 0.5) is 5.69 Å². The van der Waals surface area contributed by atoms with Gasteiger partial charge in [-0.25, -0.2) is 0 Å². The number of nitrogens with zero attached hydrogens (tertiary/aromatic N) is 2. The van der Waals surface area contributed by atoms with Gasteiger partial charge in [0.05, 0.1) is 11.2 Å². The molecule has 0 radical (unpaired) electrons. The van der Waals surface area contributed by atoms with Crippen LogP contribution in [0.25, 0.3) is 0 Å². The fourth-order valence-corrected chi connectivity index (χ4v) is 4.07. The standard InChI is InChI=1S/C18H27BN2O2/c1-16(2)17(3,4)23-19(22-16)14-6-8-15(9-7-14)21-12-18(13-21)10-20(5)11-18/h6-9H,10-13H2,1-5H3. The monoisotopic (exact) mass is 314 g/mol. The summed E-state index contributed by atoms with van der Waals surface area (Å²) < 4.78 is 12.2. The molecule has 0 unspecified atom stereocenters. The van der Waals surface area contributed by atoms with E-state index in [1.54, 1.807) is 0 Å². The maximum Gasteiger partial charge on any atom is 0.494 e. The van der Waals surface area contributed by atoms with E-state index in [1.165, 1.54) is 31.9 Å². The maximum atomic E-state index is 6.12. The van der Waals surface area contributed by atoms with E-state index in [2.05, 4.69) is 68.8 Å². The van der Waals surface area contributed by atoms with Crippen LogP contribution in [0.3, 0.4) is 0 Å². The van der Waals surface area contributed by atoms with E-state index >= 15 is 0 Å². The van der Waals surface area contributed by atoms with Crippen LogP contribution < -0.4 is 10.4 Å². The second kappa shape index (κ2) is 4.75. The molecule has 0 aliphatic carbocycles. The molecule has 1 aromatic rings. The van der Waals surface area contributed by atoms with E-state index in [-0.39, 0.29) is 18.3 Å². The van der Waals surface area contributed by atoms with Crippen molar-refractivity contribution in [2.24, 2.45) is 5.41 Å². The zero-order valence-electron chi connectivity index (χ0n) is 14.9. The predicted molar refractivity (Wildman–Crippen MR) is 94.3 cm³/mol. The average Bonchev–Trinajstić information content (AvgIpc) is 2.61. The van der Waals surface area contributed by atoms with Crippen molar-refractivity contribution in [1.29, 1.82) is 0 Å². The molecule has 124 valence electrons. The van der Waals surface area contributed by atoms with Gasteiger partial charge < -0.3 is 19.1 Å². The lowest BCUT2D eigenvalue weighted by Crippen LogP contribution is -2.71. The number of hydrogen-bond acceptors (Lipinski definition) is 4. The Morgan fingerprint density at radius 1 is 0.870 bits per heavy atom. The molecule has 23 heavy (non-hydrogen) atoms. The summed E-state index contributed by atoms with van der Waals surface area (Å²) in [5.74, 6) is 0. The Morgan fingerprint density at radius 3 is 1.87 bits per heavy atom. The minimum Gasteiger partial charge on any atom is -0.399 e. The number of benzene rings is 1. The van der Waals surface area contributed by atoms with Gasteiger partial charge in [-0.3, -0.25) is 0 Å². The third kappa shape index (κ3) is 2.41. The van der Waals surface area contributed by atoms with Gasteiger partial charge >= 0.3 is 7.12 Å². The van der Waals surface area contributed by atoms with Crippen LogP contribution in [0, 0.1) is 5.41 Å². The number of likely N-dealkylation sites (tertiary alicyclic amines) is 1. The molecule has 3 saturated heterocycles. The second-order valence-corrected chi connectivity index (χ2v) is 8.71. The van der Waals surface area contributed by atoms with Crippen molar-refractivity contribution < 1.29 is 9.31 Å². The average molecular weight is 314 g/mol.